The molecular formula is C14H12FNO2S. The van der Waals surface area contributed by atoms with Crippen LogP contribution in [-0.2, 0) is 11.2 Å². The highest BCUT2D eigenvalue weighted by molar-refractivity contribution is 7.17. The van der Waals surface area contributed by atoms with Crippen molar-refractivity contribution in [2.45, 2.75) is 6.42 Å². The molecule has 3 nitrogen and oxygen atoms in total. The topological polar surface area (TPSA) is 38.3 Å². The van der Waals surface area contributed by atoms with E-state index in [9.17, 15) is 9.18 Å². The molecule has 5 heteroatoms. The minimum Gasteiger partial charge on any atom is -0.465 e. The smallest absolute Gasteiger partial charge is 0.351 e. The van der Waals surface area contributed by atoms with Crippen LogP contribution in [0.5, 0.6) is 0 Å². The first-order valence-corrected chi connectivity index (χ1v) is 6.76. The van der Waals surface area contributed by atoms with Crippen LogP contribution in [0.2, 0.25) is 0 Å². The SMILES string of the molecule is COC(=O)c1sc2c(c1F)CCNc1ccccc1-2. The Labute approximate surface area is 114 Å². The molecule has 1 aliphatic rings. The van der Waals surface area contributed by atoms with Gasteiger partial charge in [-0.3, -0.25) is 0 Å². The van der Waals surface area contributed by atoms with Gasteiger partial charge < -0.3 is 10.1 Å². The van der Waals surface area contributed by atoms with E-state index in [4.69, 9.17) is 0 Å². The van der Waals surface area contributed by atoms with Gasteiger partial charge in [-0.05, 0) is 12.5 Å². The van der Waals surface area contributed by atoms with E-state index in [2.05, 4.69) is 10.1 Å². The first-order valence-electron chi connectivity index (χ1n) is 5.95. The molecule has 0 aliphatic carbocycles. The highest BCUT2D eigenvalue weighted by atomic mass is 32.1. The third-order valence-electron chi connectivity index (χ3n) is 3.18. The molecule has 0 bridgehead atoms. The van der Waals surface area contributed by atoms with Crippen molar-refractivity contribution in [2.75, 3.05) is 19.0 Å². The number of fused-ring (bicyclic) bond motifs is 3. The minimum atomic E-state index is -0.610. The molecule has 3 rings (SSSR count). The number of nitrogens with one attached hydrogen (secondary N) is 1. The van der Waals surface area contributed by atoms with Crippen molar-refractivity contribution in [3.8, 4) is 10.4 Å². The zero-order valence-corrected chi connectivity index (χ0v) is 11.1. The van der Waals surface area contributed by atoms with Crippen molar-refractivity contribution < 1.29 is 13.9 Å². The van der Waals surface area contributed by atoms with Crippen molar-refractivity contribution in [3.63, 3.8) is 0 Å². The number of para-hydroxylation sites is 1. The molecule has 0 unspecified atom stereocenters. The number of ether oxygens (including phenoxy) is 1. The average Bonchev–Trinajstić information content (AvgIpc) is 2.66. The van der Waals surface area contributed by atoms with E-state index in [1.165, 1.54) is 7.11 Å². The lowest BCUT2D eigenvalue weighted by atomic mass is 10.1. The Balaban J connectivity index is 2.22. The van der Waals surface area contributed by atoms with E-state index in [0.717, 1.165) is 27.5 Å². The Hall–Kier alpha value is -1.88. The number of hydrogen-bond acceptors (Lipinski definition) is 4. The van der Waals surface area contributed by atoms with Gasteiger partial charge in [-0.15, -0.1) is 11.3 Å². The summed E-state index contributed by atoms with van der Waals surface area (Å²) in [6.45, 7) is 0.651. The number of methoxy groups -OCH3 is 1. The van der Waals surface area contributed by atoms with Crippen LogP contribution in [0.3, 0.4) is 0 Å². The van der Waals surface area contributed by atoms with Gasteiger partial charge in [0.15, 0.2) is 5.82 Å². The number of hydrogen-bond donors (Lipinski definition) is 1. The maximum atomic E-state index is 14.3. The summed E-state index contributed by atoms with van der Waals surface area (Å²) in [5.74, 6) is -1.05. The second-order valence-electron chi connectivity index (χ2n) is 4.27. The van der Waals surface area contributed by atoms with E-state index in [1.807, 2.05) is 24.3 Å². The predicted octanol–water partition coefficient (Wildman–Crippen LogP) is 3.31. The lowest BCUT2D eigenvalue weighted by molar-refractivity contribution is 0.0601. The van der Waals surface area contributed by atoms with Gasteiger partial charge in [0.25, 0.3) is 0 Å². The molecule has 98 valence electrons. The minimum absolute atomic E-state index is 0.0594. The lowest BCUT2D eigenvalue weighted by Gasteiger charge is -2.06. The van der Waals surface area contributed by atoms with Crippen LogP contribution in [0.15, 0.2) is 24.3 Å². The second kappa shape index (κ2) is 4.66. The Morgan fingerprint density at radius 2 is 2.21 bits per heavy atom. The molecule has 2 heterocycles. The van der Waals surface area contributed by atoms with E-state index < -0.39 is 11.8 Å². The molecule has 1 aromatic carbocycles. The quantitative estimate of drug-likeness (QED) is 0.813. The number of esters is 1. The van der Waals surface area contributed by atoms with Gasteiger partial charge >= 0.3 is 5.97 Å². The fourth-order valence-electron chi connectivity index (χ4n) is 2.27. The summed E-state index contributed by atoms with van der Waals surface area (Å²) in [4.78, 5) is 12.5. The van der Waals surface area contributed by atoms with Gasteiger partial charge in [-0.25, -0.2) is 9.18 Å². The molecule has 0 amide bonds. The maximum absolute atomic E-state index is 14.3. The first kappa shape index (κ1) is 12.2. The molecule has 1 N–H and O–H groups in total. The number of halogens is 1. The van der Waals surface area contributed by atoms with Crippen molar-refractivity contribution in [1.82, 2.24) is 0 Å². The fraction of sp³-hybridized carbons (Fsp3) is 0.214. The van der Waals surface area contributed by atoms with Crippen molar-refractivity contribution in [2.24, 2.45) is 0 Å². The molecular weight excluding hydrogens is 265 g/mol. The third kappa shape index (κ3) is 1.90. The molecule has 0 radical (unpaired) electrons. The maximum Gasteiger partial charge on any atom is 0.351 e. The number of anilines is 1. The van der Waals surface area contributed by atoms with Gasteiger partial charge in [0.1, 0.15) is 4.88 Å². The van der Waals surface area contributed by atoms with Crippen LogP contribution in [0.4, 0.5) is 10.1 Å². The molecule has 0 saturated carbocycles. The Morgan fingerprint density at radius 3 is 3.00 bits per heavy atom. The van der Waals surface area contributed by atoms with Gasteiger partial charge in [0.2, 0.25) is 0 Å². The van der Waals surface area contributed by atoms with E-state index >= 15 is 0 Å². The van der Waals surface area contributed by atoms with Crippen LogP contribution < -0.4 is 5.32 Å². The number of carbonyl (C=O) groups excluding carboxylic acids is 1. The van der Waals surface area contributed by atoms with Crippen LogP contribution in [0.25, 0.3) is 10.4 Å². The number of thiophene rings is 1. The molecule has 2 aromatic rings. The van der Waals surface area contributed by atoms with E-state index in [1.54, 1.807) is 0 Å². The second-order valence-corrected chi connectivity index (χ2v) is 5.29. The Bertz CT molecular complexity index is 651. The summed E-state index contributed by atoms with van der Waals surface area (Å²) in [6, 6.07) is 7.73. The molecule has 1 aliphatic heterocycles. The monoisotopic (exact) mass is 277 g/mol. The highest BCUT2D eigenvalue weighted by Gasteiger charge is 2.26. The zero-order chi connectivity index (χ0) is 13.4. The molecule has 1 aromatic heterocycles. The Kier molecular flexibility index (Phi) is 2.98. The summed E-state index contributed by atoms with van der Waals surface area (Å²) in [5, 5.41) is 3.27. The number of carbonyl (C=O) groups is 1. The highest BCUT2D eigenvalue weighted by Crippen LogP contribution is 2.41. The third-order valence-corrected chi connectivity index (χ3v) is 4.40. The van der Waals surface area contributed by atoms with Crippen molar-refractivity contribution >= 4 is 23.0 Å². The molecule has 0 spiro atoms. The molecule has 0 saturated heterocycles. The van der Waals surface area contributed by atoms with Crippen LogP contribution in [0, 0.1) is 5.82 Å². The van der Waals surface area contributed by atoms with E-state index in [-0.39, 0.29) is 4.88 Å². The van der Waals surface area contributed by atoms with Gasteiger partial charge in [0, 0.05) is 28.2 Å². The summed E-state index contributed by atoms with van der Waals surface area (Å²) in [6.07, 6.45) is 0.559. The largest absolute Gasteiger partial charge is 0.465 e. The summed E-state index contributed by atoms with van der Waals surface area (Å²) >= 11 is 1.16. The standard InChI is InChI=1S/C14H12FNO2S/c1-18-14(17)13-11(15)9-6-7-16-10-5-3-2-4-8(10)12(9)19-13/h2-5,16H,6-7H2,1H3. The fourth-order valence-corrected chi connectivity index (χ4v) is 3.45. The summed E-state index contributed by atoms with van der Waals surface area (Å²) in [5.41, 5.74) is 2.51. The molecule has 19 heavy (non-hydrogen) atoms. The summed E-state index contributed by atoms with van der Waals surface area (Å²) < 4.78 is 18.9. The molecule has 0 atom stereocenters. The van der Waals surface area contributed by atoms with Crippen LogP contribution in [0.1, 0.15) is 15.2 Å². The van der Waals surface area contributed by atoms with Crippen LogP contribution in [-0.4, -0.2) is 19.6 Å². The van der Waals surface area contributed by atoms with Crippen molar-refractivity contribution in [3.05, 3.63) is 40.5 Å². The first-order chi connectivity index (χ1) is 9.22. The van der Waals surface area contributed by atoms with Gasteiger partial charge in [0.05, 0.1) is 7.11 Å². The normalized spacial score (nSPS) is 12.9. The van der Waals surface area contributed by atoms with Gasteiger partial charge in [-0.2, -0.15) is 0 Å². The number of rotatable bonds is 1. The van der Waals surface area contributed by atoms with E-state index in [0.29, 0.717) is 18.5 Å². The average molecular weight is 277 g/mol. The van der Waals surface area contributed by atoms with Gasteiger partial charge in [-0.1, -0.05) is 18.2 Å². The zero-order valence-electron chi connectivity index (χ0n) is 10.3. The molecule has 0 fully saturated rings. The van der Waals surface area contributed by atoms with Crippen LogP contribution >= 0.6 is 11.3 Å². The Morgan fingerprint density at radius 1 is 1.42 bits per heavy atom. The van der Waals surface area contributed by atoms with Crippen molar-refractivity contribution in [1.29, 1.82) is 0 Å². The summed E-state index contributed by atoms with van der Waals surface area (Å²) in [7, 11) is 1.27. The number of benzene rings is 1. The lowest BCUT2D eigenvalue weighted by Crippen LogP contribution is -2.05. The predicted molar refractivity (Wildman–Crippen MR) is 73.2 cm³/mol.